The van der Waals surface area contributed by atoms with Crippen LogP contribution in [0.4, 0.5) is 5.69 Å². The van der Waals surface area contributed by atoms with Crippen molar-refractivity contribution in [2.75, 3.05) is 23.7 Å². The van der Waals surface area contributed by atoms with E-state index in [0.717, 1.165) is 37.3 Å². The molecule has 3 aliphatic heterocycles. The smallest absolute Gasteiger partial charge is 0.173 e. The highest BCUT2D eigenvalue weighted by molar-refractivity contribution is 8.00. The minimum absolute atomic E-state index is 0.00958. The summed E-state index contributed by atoms with van der Waals surface area (Å²) in [6, 6.07) is 11.1. The van der Waals surface area contributed by atoms with Crippen LogP contribution < -0.4 is 4.90 Å². The van der Waals surface area contributed by atoms with Crippen molar-refractivity contribution in [2.45, 2.75) is 23.8 Å². The molecule has 126 valence electrons. The van der Waals surface area contributed by atoms with E-state index >= 15 is 0 Å². The maximum Gasteiger partial charge on any atom is 0.173 e. The molecule has 4 nitrogen and oxygen atoms in total. The van der Waals surface area contributed by atoms with Gasteiger partial charge in [0, 0.05) is 29.6 Å². The number of rotatable bonds is 4. The first-order chi connectivity index (χ1) is 12.2. The Kier molecular flexibility index (Phi) is 4.41. The Morgan fingerprint density at radius 3 is 2.72 bits per heavy atom. The highest BCUT2D eigenvalue weighted by atomic mass is 35.5. The number of hydrogen-bond donors (Lipinski definition) is 0. The zero-order chi connectivity index (χ0) is 17.4. The molecule has 25 heavy (non-hydrogen) atoms. The fourth-order valence-electron chi connectivity index (χ4n) is 3.49. The second-order valence-corrected chi connectivity index (χ2v) is 7.74. The summed E-state index contributed by atoms with van der Waals surface area (Å²) in [5, 5.41) is 10.8. The normalized spacial score (nSPS) is 15.8. The van der Waals surface area contributed by atoms with Gasteiger partial charge >= 0.3 is 0 Å². The van der Waals surface area contributed by atoms with E-state index in [4.69, 9.17) is 16.6 Å². The van der Waals surface area contributed by atoms with Crippen molar-refractivity contribution in [3.05, 3.63) is 52.2 Å². The molecule has 1 aromatic carbocycles. The van der Waals surface area contributed by atoms with Gasteiger partial charge < -0.3 is 4.90 Å². The van der Waals surface area contributed by atoms with Crippen LogP contribution >= 0.6 is 23.4 Å². The molecule has 0 N–H and O–H groups in total. The van der Waals surface area contributed by atoms with Crippen molar-refractivity contribution in [3.63, 3.8) is 0 Å². The van der Waals surface area contributed by atoms with Gasteiger partial charge in [-0.25, -0.2) is 4.98 Å². The lowest BCUT2D eigenvalue weighted by Crippen LogP contribution is -2.39. The lowest BCUT2D eigenvalue weighted by Gasteiger charge is -2.41. The number of thioether (sulfide) groups is 1. The maximum absolute atomic E-state index is 12.4. The van der Waals surface area contributed by atoms with Gasteiger partial charge in [-0.2, -0.15) is 5.26 Å². The zero-order valence-corrected chi connectivity index (χ0v) is 15.1. The van der Waals surface area contributed by atoms with Crippen LogP contribution in [0.1, 0.15) is 40.4 Å². The molecule has 5 rings (SSSR count). The summed E-state index contributed by atoms with van der Waals surface area (Å²) in [6.45, 7) is 2.09. The number of piperidine rings is 1. The lowest BCUT2D eigenvalue weighted by atomic mass is 9.86. The molecular weight excluding hydrogens is 354 g/mol. The molecule has 1 aromatic heterocycles. The molecule has 0 saturated carbocycles. The first kappa shape index (κ1) is 16.4. The summed E-state index contributed by atoms with van der Waals surface area (Å²) in [6.07, 6.45) is 2.25. The number of carbonyl (C=O) groups excluding carboxylic acids is 1. The number of halogens is 1. The predicted octanol–water partition coefficient (Wildman–Crippen LogP) is 4.28. The predicted molar refractivity (Wildman–Crippen MR) is 99.6 cm³/mol. The average Bonchev–Trinajstić information content (AvgIpc) is 2.67. The fraction of sp³-hybridized carbons (Fsp3) is 0.316. The number of Topliss-reactive ketones (excluding diaryl/α,β-unsaturated/α-hetero) is 1. The van der Waals surface area contributed by atoms with E-state index in [-0.39, 0.29) is 11.5 Å². The zero-order valence-electron chi connectivity index (χ0n) is 13.5. The van der Waals surface area contributed by atoms with Crippen LogP contribution in [0.3, 0.4) is 0 Å². The molecular formula is C19H16ClN3OS. The third kappa shape index (κ3) is 3.12. The Bertz CT molecular complexity index is 867. The van der Waals surface area contributed by atoms with Crippen molar-refractivity contribution >= 4 is 34.8 Å². The molecule has 6 heteroatoms. The van der Waals surface area contributed by atoms with Gasteiger partial charge in [-0.1, -0.05) is 23.4 Å². The quantitative estimate of drug-likeness (QED) is 0.594. The third-order valence-electron chi connectivity index (χ3n) is 4.84. The molecule has 1 fully saturated rings. The SMILES string of the molecule is N#Cc1cc2c(nc1SCC(=O)c1ccc(Cl)cc1)C1CCN2CC1. The van der Waals surface area contributed by atoms with E-state index in [1.165, 1.54) is 11.8 Å². The molecule has 0 unspecified atom stereocenters. The van der Waals surface area contributed by atoms with Gasteiger partial charge in [-0.3, -0.25) is 4.79 Å². The summed E-state index contributed by atoms with van der Waals surface area (Å²) in [5.74, 6) is 0.755. The second kappa shape index (κ2) is 6.70. The molecule has 4 heterocycles. The number of pyridine rings is 1. The average molecular weight is 370 g/mol. The number of nitrogens with zero attached hydrogens (tertiary/aromatic N) is 3. The molecule has 0 spiro atoms. The molecule has 0 amide bonds. The number of fused-ring (bicyclic) bond motifs is 2. The topological polar surface area (TPSA) is 57.0 Å². The number of benzene rings is 1. The number of hydrogen-bond acceptors (Lipinski definition) is 5. The lowest BCUT2D eigenvalue weighted by molar-refractivity contribution is 0.102. The first-order valence-corrected chi connectivity index (χ1v) is 9.63. The van der Waals surface area contributed by atoms with E-state index < -0.39 is 0 Å². The van der Waals surface area contributed by atoms with Crippen LogP contribution in [0.15, 0.2) is 35.4 Å². The molecule has 2 aromatic rings. The second-order valence-electron chi connectivity index (χ2n) is 6.34. The summed E-state index contributed by atoms with van der Waals surface area (Å²) < 4.78 is 0. The van der Waals surface area contributed by atoms with Gasteiger partial charge in [0.15, 0.2) is 5.78 Å². The Labute approximate surface area is 155 Å². The van der Waals surface area contributed by atoms with Gasteiger partial charge in [-0.05, 0) is 43.2 Å². The van der Waals surface area contributed by atoms with Crippen molar-refractivity contribution in [3.8, 4) is 6.07 Å². The van der Waals surface area contributed by atoms with Crippen LogP contribution in [0.2, 0.25) is 5.02 Å². The third-order valence-corrected chi connectivity index (χ3v) is 6.09. The first-order valence-electron chi connectivity index (χ1n) is 8.27. The number of anilines is 1. The highest BCUT2D eigenvalue weighted by Gasteiger charge is 2.33. The van der Waals surface area contributed by atoms with Gasteiger partial charge in [0.1, 0.15) is 11.1 Å². The number of aromatic nitrogens is 1. The number of nitriles is 1. The van der Waals surface area contributed by atoms with Crippen LogP contribution in [0, 0.1) is 11.3 Å². The number of carbonyl (C=O) groups is 1. The minimum atomic E-state index is 0.00958. The van der Waals surface area contributed by atoms with E-state index in [1.54, 1.807) is 24.3 Å². The van der Waals surface area contributed by atoms with Gasteiger partial charge in [0.05, 0.1) is 22.7 Å². The van der Waals surface area contributed by atoms with Crippen LogP contribution in [-0.2, 0) is 0 Å². The van der Waals surface area contributed by atoms with Crippen molar-refractivity contribution < 1.29 is 4.79 Å². The summed E-state index contributed by atoms with van der Waals surface area (Å²) in [4.78, 5) is 19.5. The van der Waals surface area contributed by atoms with Crippen LogP contribution in [-0.4, -0.2) is 29.6 Å². The summed E-state index contributed by atoms with van der Waals surface area (Å²) >= 11 is 7.21. The van der Waals surface area contributed by atoms with E-state index in [9.17, 15) is 10.1 Å². The monoisotopic (exact) mass is 369 g/mol. The largest absolute Gasteiger partial charge is 0.370 e. The Hall–Kier alpha value is -2.03. The molecule has 1 saturated heterocycles. The van der Waals surface area contributed by atoms with Crippen molar-refractivity contribution in [1.82, 2.24) is 4.98 Å². The fourth-order valence-corrected chi connectivity index (χ4v) is 4.47. The summed E-state index contributed by atoms with van der Waals surface area (Å²) in [5.41, 5.74) is 3.38. The summed E-state index contributed by atoms with van der Waals surface area (Å²) in [7, 11) is 0. The van der Waals surface area contributed by atoms with Gasteiger partial charge in [0.2, 0.25) is 0 Å². The molecule has 3 aliphatic rings. The standard InChI is InChI=1S/C19H16ClN3OS/c20-15-3-1-12(2-4-15)17(24)11-25-19-14(10-21)9-16-18(22-19)13-5-7-23(16)8-6-13/h1-4,9,13H,5-8,11H2. The molecule has 0 atom stereocenters. The van der Waals surface area contributed by atoms with E-state index in [2.05, 4.69) is 11.0 Å². The molecule has 2 bridgehead atoms. The van der Waals surface area contributed by atoms with Crippen molar-refractivity contribution in [2.24, 2.45) is 0 Å². The minimum Gasteiger partial charge on any atom is -0.370 e. The maximum atomic E-state index is 12.4. The van der Waals surface area contributed by atoms with Gasteiger partial charge in [-0.15, -0.1) is 0 Å². The van der Waals surface area contributed by atoms with E-state index in [0.29, 0.717) is 27.1 Å². The number of ketones is 1. The van der Waals surface area contributed by atoms with Crippen LogP contribution in [0.5, 0.6) is 0 Å². The van der Waals surface area contributed by atoms with E-state index in [1.807, 2.05) is 6.07 Å². The van der Waals surface area contributed by atoms with Crippen LogP contribution in [0.25, 0.3) is 0 Å². The Morgan fingerprint density at radius 1 is 1.32 bits per heavy atom. The highest BCUT2D eigenvalue weighted by Crippen LogP contribution is 2.42. The van der Waals surface area contributed by atoms with Gasteiger partial charge in [0.25, 0.3) is 0 Å². The Morgan fingerprint density at radius 2 is 2.04 bits per heavy atom. The van der Waals surface area contributed by atoms with Crippen molar-refractivity contribution in [1.29, 1.82) is 5.26 Å². The molecule has 0 radical (unpaired) electrons. The molecule has 0 aliphatic carbocycles. The Balaban J connectivity index is 1.56.